The van der Waals surface area contributed by atoms with E-state index in [-0.39, 0.29) is 11.5 Å². The maximum absolute atomic E-state index is 13.3. The van der Waals surface area contributed by atoms with Crippen molar-refractivity contribution in [1.29, 1.82) is 0 Å². The van der Waals surface area contributed by atoms with E-state index in [1.807, 2.05) is 12.1 Å². The first-order valence-electron chi connectivity index (χ1n) is 5.60. The summed E-state index contributed by atoms with van der Waals surface area (Å²) in [6.07, 6.45) is 4.33. The molecule has 0 saturated heterocycles. The number of nitrogens with zero attached hydrogens (tertiary/aromatic N) is 1. The lowest BCUT2D eigenvalue weighted by Gasteiger charge is -2.21. The zero-order chi connectivity index (χ0) is 11.5. The SMILES string of the molecule is C=CCN(Cc1cccc(F)c1N)C1CC1. The van der Waals surface area contributed by atoms with Crippen LogP contribution in [-0.2, 0) is 6.54 Å². The number of rotatable bonds is 5. The summed E-state index contributed by atoms with van der Waals surface area (Å²) in [5.74, 6) is -0.327. The number of benzene rings is 1. The first kappa shape index (κ1) is 11.1. The summed E-state index contributed by atoms with van der Waals surface area (Å²) in [7, 11) is 0. The zero-order valence-corrected chi connectivity index (χ0v) is 9.32. The lowest BCUT2D eigenvalue weighted by atomic mass is 10.1. The number of nitrogen functional groups attached to an aromatic ring is 1. The molecule has 0 spiro atoms. The molecule has 1 saturated carbocycles. The van der Waals surface area contributed by atoms with Crippen LogP contribution in [0.5, 0.6) is 0 Å². The summed E-state index contributed by atoms with van der Waals surface area (Å²) in [5.41, 5.74) is 6.86. The number of hydrogen-bond donors (Lipinski definition) is 1. The number of anilines is 1. The molecule has 0 bridgehead atoms. The lowest BCUT2D eigenvalue weighted by Crippen LogP contribution is -2.26. The molecule has 0 radical (unpaired) electrons. The molecule has 16 heavy (non-hydrogen) atoms. The summed E-state index contributed by atoms with van der Waals surface area (Å²) in [6.45, 7) is 5.29. The maximum Gasteiger partial charge on any atom is 0.146 e. The largest absolute Gasteiger partial charge is 0.396 e. The van der Waals surface area contributed by atoms with Gasteiger partial charge in [0.1, 0.15) is 5.82 Å². The van der Waals surface area contributed by atoms with Crippen LogP contribution in [0.3, 0.4) is 0 Å². The van der Waals surface area contributed by atoms with Crippen LogP contribution in [0.25, 0.3) is 0 Å². The van der Waals surface area contributed by atoms with Gasteiger partial charge in [-0.05, 0) is 24.5 Å². The average Bonchev–Trinajstić information content (AvgIpc) is 3.07. The van der Waals surface area contributed by atoms with Crippen LogP contribution < -0.4 is 5.73 Å². The number of hydrogen-bond acceptors (Lipinski definition) is 2. The normalized spacial score (nSPS) is 15.4. The molecule has 0 aliphatic heterocycles. The highest BCUT2D eigenvalue weighted by molar-refractivity contribution is 5.47. The van der Waals surface area contributed by atoms with Crippen LogP contribution in [0, 0.1) is 5.82 Å². The highest BCUT2D eigenvalue weighted by Gasteiger charge is 2.28. The van der Waals surface area contributed by atoms with Crippen LogP contribution in [0.15, 0.2) is 30.9 Å². The van der Waals surface area contributed by atoms with Crippen molar-refractivity contribution < 1.29 is 4.39 Å². The standard InChI is InChI=1S/C13H17FN2/c1-2-8-16(11-6-7-11)9-10-4-3-5-12(14)13(10)15/h2-5,11H,1,6-9,15H2. The first-order valence-corrected chi connectivity index (χ1v) is 5.60. The number of para-hydroxylation sites is 1. The van der Waals surface area contributed by atoms with E-state index in [4.69, 9.17) is 5.73 Å². The fourth-order valence-corrected chi connectivity index (χ4v) is 1.89. The van der Waals surface area contributed by atoms with Crippen molar-refractivity contribution in [3.63, 3.8) is 0 Å². The maximum atomic E-state index is 13.3. The van der Waals surface area contributed by atoms with Crippen LogP contribution in [0.4, 0.5) is 10.1 Å². The van der Waals surface area contributed by atoms with Crippen molar-refractivity contribution in [2.24, 2.45) is 0 Å². The fourth-order valence-electron chi connectivity index (χ4n) is 1.89. The van der Waals surface area contributed by atoms with Crippen molar-refractivity contribution in [3.8, 4) is 0 Å². The second-order valence-corrected chi connectivity index (χ2v) is 4.26. The summed E-state index contributed by atoms with van der Waals surface area (Å²) in [5, 5.41) is 0. The Bertz CT molecular complexity index is 386. The van der Waals surface area contributed by atoms with Crippen molar-refractivity contribution >= 4 is 5.69 Å². The third kappa shape index (κ3) is 2.42. The topological polar surface area (TPSA) is 29.3 Å². The van der Waals surface area contributed by atoms with Gasteiger partial charge in [-0.15, -0.1) is 6.58 Å². The minimum atomic E-state index is -0.327. The van der Waals surface area contributed by atoms with E-state index in [1.54, 1.807) is 6.07 Å². The van der Waals surface area contributed by atoms with Gasteiger partial charge in [-0.25, -0.2) is 4.39 Å². The first-order chi connectivity index (χ1) is 7.72. The average molecular weight is 220 g/mol. The highest BCUT2D eigenvalue weighted by atomic mass is 19.1. The zero-order valence-electron chi connectivity index (χ0n) is 9.32. The van der Waals surface area contributed by atoms with E-state index in [0.717, 1.165) is 12.1 Å². The quantitative estimate of drug-likeness (QED) is 0.610. The molecular formula is C13H17FN2. The predicted octanol–water partition coefficient (Wildman–Crippen LogP) is 2.56. The smallest absolute Gasteiger partial charge is 0.146 e. The van der Waals surface area contributed by atoms with Gasteiger partial charge in [-0.1, -0.05) is 18.2 Å². The van der Waals surface area contributed by atoms with Gasteiger partial charge in [0.05, 0.1) is 5.69 Å². The molecular weight excluding hydrogens is 203 g/mol. The molecule has 1 aliphatic rings. The fraction of sp³-hybridized carbons (Fsp3) is 0.385. The summed E-state index contributed by atoms with van der Waals surface area (Å²) >= 11 is 0. The minimum absolute atomic E-state index is 0.275. The van der Waals surface area contributed by atoms with Crippen molar-refractivity contribution in [3.05, 3.63) is 42.2 Å². The Labute approximate surface area is 95.6 Å². The Balaban J connectivity index is 2.11. The molecule has 0 atom stereocenters. The highest BCUT2D eigenvalue weighted by Crippen LogP contribution is 2.29. The number of nitrogens with two attached hydrogens (primary N) is 1. The van der Waals surface area contributed by atoms with E-state index in [0.29, 0.717) is 12.6 Å². The van der Waals surface area contributed by atoms with E-state index in [9.17, 15) is 4.39 Å². The minimum Gasteiger partial charge on any atom is -0.396 e. The van der Waals surface area contributed by atoms with Crippen LogP contribution in [-0.4, -0.2) is 17.5 Å². The molecule has 1 aliphatic carbocycles. The molecule has 1 aromatic carbocycles. The van der Waals surface area contributed by atoms with Gasteiger partial charge in [0.15, 0.2) is 0 Å². The van der Waals surface area contributed by atoms with Crippen LogP contribution in [0.2, 0.25) is 0 Å². The molecule has 1 aromatic rings. The molecule has 2 nitrogen and oxygen atoms in total. The second-order valence-electron chi connectivity index (χ2n) is 4.26. The van der Waals surface area contributed by atoms with E-state index in [2.05, 4.69) is 11.5 Å². The van der Waals surface area contributed by atoms with Crippen molar-refractivity contribution in [1.82, 2.24) is 4.90 Å². The molecule has 0 amide bonds. The Morgan fingerprint density at radius 1 is 1.50 bits per heavy atom. The van der Waals surface area contributed by atoms with E-state index < -0.39 is 0 Å². The van der Waals surface area contributed by atoms with Gasteiger partial charge in [0.2, 0.25) is 0 Å². The third-order valence-electron chi connectivity index (χ3n) is 2.94. The van der Waals surface area contributed by atoms with Crippen molar-refractivity contribution in [2.75, 3.05) is 12.3 Å². The molecule has 3 heteroatoms. The Morgan fingerprint density at radius 3 is 2.88 bits per heavy atom. The molecule has 2 N–H and O–H groups in total. The summed E-state index contributed by atoms with van der Waals surface area (Å²) in [4.78, 5) is 2.29. The molecule has 0 heterocycles. The van der Waals surface area contributed by atoms with Gasteiger partial charge >= 0.3 is 0 Å². The van der Waals surface area contributed by atoms with Crippen molar-refractivity contribution in [2.45, 2.75) is 25.4 Å². The van der Waals surface area contributed by atoms with E-state index >= 15 is 0 Å². The number of halogens is 1. The van der Waals surface area contributed by atoms with Gasteiger partial charge in [-0.3, -0.25) is 4.90 Å². The van der Waals surface area contributed by atoms with Gasteiger partial charge < -0.3 is 5.73 Å². The van der Waals surface area contributed by atoms with Crippen LogP contribution in [0.1, 0.15) is 18.4 Å². The predicted molar refractivity (Wildman–Crippen MR) is 64.4 cm³/mol. The Morgan fingerprint density at radius 2 is 2.25 bits per heavy atom. The van der Waals surface area contributed by atoms with Crippen LogP contribution >= 0.6 is 0 Å². The molecule has 1 fully saturated rings. The van der Waals surface area contributed by atoms with Gasteiger partial charge in [0, 0.05) is 19.1 Å². The van der Waals surface area contributed by atoms with E-state index in [1.165, 1.54) is 18.9 Å². The lowest BCUT2D eigenvalue weighted by molar-refractivity contribution is 0.284. The Kier molecular flexibility index (Phi) is 3.25. The molecule has 86 valence electrons. The summed E-state index contributed by atoms with van der Waals surface area (Å²) < 4.78 is 13.3. The van der Waals surface area contributed by atoms with Gasteiger partial charge in [0.25, 0.3) is 0 Å². The second kappa shape index (κ2) is 4.66. The Hall–Kier alpha value is -1.35. The van der Waals surface area contributed by atoms with Gasteiger partial charge in [-0.2, -0.15) is 0 Å². The molecule has 0 unspecified atom stereocenters. The molecule has 0 aromatic heterocycles. The summed E-state index contributed by atoms with van der Waals surface area (Å²) in [6, 6.07) is 5.62. The monoisotopic (exact) mass is 220 g/mol. The molecule has 2 rings (SSSR count). The third-order valence-corrected chi connectivity index (χ3v) is 2.94.